The van der Waals surface area contributed by atoms with Gasteiger partial charge in [-0.3, -0.25) is 0 Å². The van der Waals surface area contributed by atoms with Crippen LogP contribution in [0.25, 0.3) is 0 Å². The molecule has 1 saturated heterocycles. The summed E-state index contributed by atoms with van der Waals surface area (Å²) in [5, 5.41) is 0. The number of hydrogen-bond acceptors (Lipinski definition) is 3. The van der Waals surface area contributed by atoms with Gasteiger partial charge in [0.25, 0.3) is 0 Å². The summed E-state index contributed by atoms with van der Waals surface area (Å²) in [6.45, 7) is 8.31. The van der Waals surface area contributed by atoms with Crippen LogP contribution in [0.15, 0.2) is 0 Å². The molecule has 0 aromatic carbocycles. The highest BCUT2D eigenvalue weighted by Gasteiger charge is 2.36. The van der Waals surface area contributed by atoms with Crippen LogP contribution < -0.4 is 0 Å². The fourth-order valence-electron chi connectivity index (χ4n) is 3.81. The minimum atomic E-state index is 0.539. The molecule has 0 amide bonds. The predicted molar refractivity (Wildman–Crippen MR) is 78.3 cm³/mol. The van der Waals surface area contributed by atoms with Gasteiger partial charge in [0.15, 0.2) is 0 Å². The van der Waals surface area contributed by atoms with Crippen molar-refractivity contribution in [3.8, 4) is 0 Å². The van der Waals surface area contributed by atoms with Crippen LogP contribution >= 0.6 is 0 Å². The van der Waals surface area contributed by atoms with Gasteiger partial charge in [0.05, 0.1) is 6.10 Å². The fourth-order valence-corrected chi connectivity index (χ4v) is 3.81. The normalized spacial score (nSPS) is 40.1. The van der Waals surface area contributed by atoms with Gasteiger partial charge in [-0.25, -0.2) is 0 Å². The third kappa shape index (κ3) is 3.71. The van der Waals surface area contributed by atoms with Crippen LogP contribution in [0.2, 0.25) is 0 Å². The van der Waals surface area contributed by atoms with Crippen molar-refractivity contribution in [1.82, 2.24) is 4.90 Å². The summed E-state index contributed by atoms with van der Waals surface area (Å²) in [4.78, 5) is 2.71. The third-order valence-corrected chi connectivity index (χ3v) is 5.58. The lowest BCUT2D eigenvalue weighted by molar-refractivity contribution is -0.0303. The average Bonchev–Trinajstić information content (AvgIpc) is 2.37. The highest BCUT2D eigenvalue weighted by atomic mass is 16.5. The largest absolute Gasteiger partial charge is 0.385 e. The maximum absolute atomic E-state index is 5.38. The van der Waals surface area contributed by atoms with Crippen LogP contribution in [0.1, 0.15) is 39.5 Å². The number of hydrogen-bond donors (Lipinski definition) is 0. The van der Waals surface area contributed by atoms with Gasteiger partial charge in [-0.05, 0) is 56.9 Å². The van der Waals surface area contributed by atoms with Crippen molar-refractivity contribution < 1.29 is 9.47 Å². The minimum absolute atomic E-state index is 0.539. The summed E-state index contributed by atoms with van der Waals surface area (Å²) in [5.74, 6) is 2.51. The van der Waals surface area contributed by atoms with Crippen molar-refractivity contribution in [2.75, 3.05) is 33.9 Å². The Bertz CT molecular complexity index is 265. The smallest absolute Gasteiger partial charge is 0.0577 e. The van der Waals surface area contributed by atoms with Crippen LogP contribution in [0.4, 0.5) is 0 Å². The summed E-state index contributed by atoms with van der Waals surface area (Å²) in [7, 11) is 3.65. The van der Waals surface area contributed by atoms with Crippen LogP contribution in [-0.4, -0.2) is 51.0 Å². The van der Waals surface area contributed by atoms with Crippen molar-refractivity contribution in [2.24, 2.45) is 17.8 Å². The molecule has 0 N–H and O–H groups in total. The summed E-state index contributed by atoms with van der Waals surface area (Å²) < 4.78 is 10.6. The first-order valence-electron chi connectivity index (χ1n) is 7.91. The topological polar surface area (TPSA) is 21.7 Å². The van der Waals surface area contributed by atoms with Crippen molar-refractivity contribution in [3.05, 3.63) is 0 Å². The minimum Gasteiger partial charge on any atom is -0.385 e. The molecule has 0 bridgehead atoms. The Morgan fingerprint density at radius 3 is 2.53 bits per heavy atom. The highest BCUT2D eigenvalue weighted by molar-refractivity contribution is 4.89. The molecule has 1 saturated carbocycles. The van der Waals surface area contributed by atoms with E-state index in [0.29, 0.717) is 6.10 Å². The first-order chi connectivity index (χ1) is 9.15. The molecule has 2 aliphatic rings. The second kappa shape index (κ2) is 7.05. The maximum atomic E-state index is 5.38. The number of ether oxygens (including phenoxy) is 2. The van der Waals surface area contributed by atoms with E-state index in [1.165, 1.54) is 38.8 Å². The molecular formula is C16H31NO2. The molecule has 1 aliphatic carbocycles. The van der Waals surface area contributed by atoms with Gasteiger partial charge in [-0.1, -0.05) is 6.92 Å². The number of piperidine rings is 1. The van der Waals surface area contributed by atoms with E-state index >= 15 is 0 Å². The Morgan fingerprint density at radius 1 is 1.16 bits per heavy atom. The van der Waals surface area contributed by atoms with Crippen molar-refractivity contribution in [1.29, 1.82) is 0 Å². The van der Waals surface area contributed by atoms with E-state index < -0.39 is 0 Å². The van der Waals surface area contributed by atoms with Gasteiger partial charge in [-0.2, -0.15) is 0 Å². The van der Waals surface area contributed by atoms with Gasteiger partial charge >= 0.3 is 0 Å². The molecule has 0 radical (unpaired) electrons. The van der Waals surface area contributed by atoms with E-state index in [4.69, 9.17) is 9.47 Å². The average molecular weight is 269 g/mol. The zero-order chi connectivity index (χ0) is 13.8. The van der Waals surface area contributed by atoms with Crippen molar-refractivity contribution in [2.45, 2.75) is 51.7 Å². The standard InChI is InChI=1S/C16H31NO2/c1-12-13(2)17(7-5-15(12)6-8-18-3)11-14-9-16(10-14)19-4/h12-16H,5-11H2,1-4H3. The molecule has 0 aromatic rings. The van der Waals surface area contributed by atoms with Gasteiger partial charge in [0.1, 0.15) is 0 Å². The molecule has 3 unspecified atom stereocenters. The third-order valence-electron chi connectivity index (χ3n) is 5.58. The number of likely N-dealkylation sites (tertiary alicyclic amines) is 1. The lowest BCUT2D eigenvalue weighted by atomic mass is 9.77. The van der Waals surface area contributed by atoms with E-state index in [9.17, 15) is 0 Å². The molecule has 3 atom stereocenters. The summed E-state index contributed by atoms with van der Waals surface area (Å²) in [6.07, 6.45) is 5.64. The first kappa shape index (κ1) is 15.3. The van der Waals surface area contributed by atoms with E-state index in [2.05, 4.69) is 18.7 Å². The summed E-state index contributed by atoms with van der Waals surface area (Å²) in [5.41, 5.74) is 0. The summed E-state index contributed by atoms with van der Waals surface area (Å²) >= 11 is 0. The molecule has 0 spiro atoms. The van der Waals surface area contributed by atoms with Gasteiger partial charge in [0, 0.05) is 33.4 Å². The lowest BCUT2D eigenvalue weighted by Gasteiger charge is -2.46. The van der Waals surface area contributed by atoms with Gasteiger partial charge in [0.2, 0.25) is 0 Å². The maximum Gasteiger partial charge on any atom is 0.0577 e. The van der Waals surface area contributed by atoms with Crippen molar-refractivity contribution >= 4 is 0 Å². The van der Waals surface area contributed by atoms with Gasteiger partial charge < -0.3 is 14.4 Å². The van der Waals surface area contributed by atoms with Crippen LogP contribution in [0, 0.1) is 17.8 Å². The van der Waals surface area contributed by atoms with Crippen LogP contribution in [0.3, 0.4) is 0 Å². The monoisotopic (exact) mass is 269 g/mol. The molecule has 112 valence electrons. The Kier molecular flexibility index (Phi) is 5.67. The predicted octanol–water partition coefficient (Wildman–Crippen LogP) is 2.79. The molecule has 19 heavy (non-hydrogen) atoms. The quantitative estimate of drug-likeness (QED) is 0.740. The number of methoxy groups -OCH3 is 2. The Balaban J connectivity index is 1.75. The fraction of sp³-hybridized carbons (Fsp3) is 1.00. The second-order valence-electron chi connectivity index (χ2n) is 6.62. The zero-order valence-corrected chi connectivity index (χ0v) is 13.1. The van der Waals surface area contributed by atoms with Crippen LogP contribution in [0.5, 0.6) is 0 Å². The zero-order valence-electron chi connectivity index (χ0n) is 13.1. The van der Waals surface area contributed by atoms with Crippen molar-refractivity contribution in [3.63, 3.8) is 0 Å². The number of nitrogens with zero attached hydrogens (tertiary/aromatic N) is 1. The Hall–Kier alpha value is -0.120. The first-order valence-corrected chi connectivity index (χ1v) is 7.91. The van der Waals surface area contributed by atoms with E-state index in [0.717, 1.165) is 30.4 Å². The molecule has 3 nitrogen and oxygen atoms in total. The lowest BCUT2D eigenvalue weighted by Crippen LogP contribution is -2.50. The Morgan fingerprint density at radius 2 is 1.89 bits per heavy atom. The molecular weight excluding hydrogens is 238 g/mol. The highest BCUT2D eigenvalue weighted by Crippen LogP contribution is 2.35. The molecule has 0 aromatic heterocycles. The van der Waals surface area contributed by atoms with E-state index in [1.807, 2.05) is 14.2 Å². The SMILES string of the molecule is COCCC1CCN(CC2CC(OC)C2)C(C)C1C. The van der Waals surface area contributed by atoms with E-state index in [1.54, 1.807) is 0 Å². The second-order valence-corrected chi connectivity index (χ2v) is 6.62. The molecule has 1 heterocycles. The Labute approximate surface area is 118 Å². The van der Waals surface area contributed by atoms with E-state index in [-0.39, 0.29) is 0 Å². The van der Waals surface area contributed by atoms with Gasteiger partial charge in [-0.15, -0.1) is 0 Å². The number of rotatable bonds is 6. The molecule has 3 heteroatoms. The van der Waals surface area contributed by atoms with Crippen LogP contribution in [-0.2, 0) is 9.47 Å². The molecule has 2 fully saturated rings. The molecule has 2 rings (SSSR count). The molecule has 1 aliphatic heterocycles. The summed E-state index contributed by atoms with van der Waals surface area (Å²) in [6, 6.07) is 0.720.